The number of hydrogen-bond donors (Lipinski definition) is 1. The molecular weight excluding hydrogens is 255 g/mol. The molecule has 18 heavy (non-hydrogen) atoms. The fourth-order valence-electron chi connectivity index (χ4n) is 1.17. The van der Waals surface area contributed by atoms with Gasteiger partial charge >= 0.3 is 12.1 Å². The lowest BCUT2D eigenvalue weighted by Crippen LogP contribution is -2.06. The topological polar surface area (TPSA) is 80.4 Å². The van der Waals surface area contributed by atoms with E-state index in [0.717, 1.165) is 12.1 Å². The van der Waals surface area contributed by atoms with E-state index >= 15 is 0 Å². The number of carboxylic acids is 1. The van der Waals surface area contributed by atoms with Crippen molar-refractivity contribution in [1.82, 2.24) is 0 Å². The molecule has 0 spiro atoms. The first kappa shape index (κ1) is 13.7. The highest BCUT2D eigenvalue weighted by Gasteiger charge is 2.32. The summed E-state index contributed by atoms with van der Waals surface area (Å²) in [5.74, 6) is -1.37. The summed E-state index contributed by atoms with van der Waals surface area (Å²) in [5, 5.41) is 18.8. The molecule has 0 amide bonds. The molecule has 1 aromatic carbocycles. The van der Waals surface area contributed by atoms with Crippen LogP contribution in [0.2, 0.25) is 0 Å². The van der Waals surface area contributed by atoms with Crippen molar-refractivity contribution < 1.29 is 28.0 Å². The lowest BCUT2D eigenvalue weighted by molar-refractivity contribution is -0.385. The van der Waals surface area contributed by atoms with E-state index in [0.29, 0.717) is 18.2 Å². The standard InChI is InChI=1S/C10H6F3NO4/c11-10(12,13)7-3-6(1-2-9(15)16)4-8(5-7)14(17)18/h1-5H,(H,15,16)/b2-1+. The van der Waals surface area contributed by atoms with Gasteiger partial charge in [0.25, 0.3) is 5.69 Å². The highest BCUT2D eigenvalue weighted by molar-refractivity contribution is 5.85. The number of carboxylic acid groups (broad SMARTS) is 1. The Morgan fingerprint density at radius 3 is 2.39 bits per heavy atom. The van der Waals surface area contributed by atoms with Crippen molar-refractivity contribution >= 4 is 17.7 Å². The number of carbonyl (C=O) groups is 1. The molecule has 8 heteroatoms. The van der Waals surface area contributed by atoms with Crippen LogP contribution in [0.5, 0.6) is 0 Å². The Balaban J connectivity index is 3.31. The van der Waals surface area contributed by atoms with Crippen LogP contribution in [0.25, 0.3) is 6.08 Å². The molecule has 1 rings (SSSR count). The maximum absolute atomic E-state index is 12.4. The number of nitrogens with zero attached hydrogens (tertiary/aromatic N) is 1. The average Bonchev–Trinajstić information content (AvgIpc) is 2.24. The molecule has 0 aliphatic carbocycles. The Morgan fingerprint density at radius 2 is 1.94 bits per heavy atom. The molecule has 5 nitrogen and oxygen atoms in total. The summed E-state index contributed by atoms with van der Waals surface area (Å²) in [4.78, 5) is 19.7. The highest BCUT2D eigenvalue weighted by Crippen LogP contribution is 2.32. The van der Waals surface area contributed by atoms with E-state index in [9.17, 15) is 28.1 Å². The first-order valence-electron chi connectivity index (χ1n) is 4.48. The summed E-state index contributed by atoms with van der Waals surface area (Å²) in [6.45, 7) is 0. The normalized spacial score (nSPS) is 11.7. The summed E-state index contributed by atoms with van der Waals surface area (Å²) in [6, 6.07) is 1.87. The van der Waals surface area contributed by atoms with Crippen LogP contribution < -0.4 is 0 Å². The van der Waals surface area contributed by atoms with E-state index in [1.54, 1.807) is 0 Å². The maximum Gasteiger partial charge on any atom is 0.416 e. The van der Waals surface area contributed by atoms with Gasteiger partial charge in [0, 0.05) is 18.2 Å². The fraction of sp³-hybridized carbons (Fsp3) is 0.100. The van der Waals surface area contributed by atoms with Crippen LogP contribution in [0.3, 0.4) is 0 Å². The summed E-state index contributed by atoms with van der Waals surface area (Å²) >= 11 is 0. The monoisotopic (exact) mass is 261 g/mol. The van der Waals surface area contributed by atoms with Crippen molar-refractivity contribution in [2.45, 2.75) is 6.18 Å². The Hall–Kier alpha value is -2.38. The van der Waals surface area contributed by atoms with Gasteiger partial charge in [-0.15, -0.1) is 0 Å². The quantitative estimate of drug-likeness (QED) is 0.515. The number of hydrogen-bond acceptors (Lipinski definition) is 3. The van der Waals surface area contributed by atoms with Crippen molar-refractivity contribution in [3.63, 3.8) is 0 Å². The van der Waals surface area contributed by atoms with Crippen LogP contribution in [-0.4, -0.2) is 16.0 Å². The summed E-state index contributed by atoms with van der Waals surface area (Å²) in [6.07, 6.45) is -3.29. The van der Waals surface area contributed by atoms with E-state index in [4.69, 9.17) is 5.11 Å². The molecule has 0 atom stereocenters. The third-order valence-electron chi connectivity index (χ3n) is 1.90. The first-order valence-corrected chi connectivity index (χ1v) is 4.48. The molecule has 0 unspecified atom stereocenters. The SMILES string of the molecule is O=C(O)/C=C/c1cc([N+](=O)[O-])cc(C(F)(F)F)c1. The second-order valence-corrected chi connectivity index (χ2v) is 3.24. The Morgan fingerprint density at radius 1 is 1.33 bits per heavy atom. The largest absolute Gasteiger partial charge is 0.478 e. The van der Waals surface area contributed by atoms with Gasteiger partial charge < -0.3 is 5.11 Å². The summed E-state index contributed by atoms with van der Waals surface area (Å²) in [5.41, 5.74) is -2.17. The van der Waals surface area contributed by atoms with Gasteiger partial charge in [0.05, 0.1) is 10.5 Å². The third-order valence-corrected chi connectivity index (χ3v) is 1.90. The number of benzene rings is 1. The molecule has 0 bridgehead atoms. The van der Waals surface area contributed by atoms with Gasteiger partial charge in [0.15, 0.2) is 0 Å². The molecule has 1 aromatic rings. The zero-order valence-corrected chi connectivity index (χ0v) is 8.64. The number of alkyl halides is 3. The van der Waals surface area contributed by atoms with Crippen LogP contribution in [0.1, 0.15) is 11.1 Å². The Bertz CT molecular complexity index is 522. The lowest BCUT2D eigenvalue weighted by atomic mass is 10.1. The Labute approximate surface area is 98.3 Å². The van der Waals surface area contributed by atoms with E-state index in [2.05, 4.69) is 0 Å². The predicted octanol–water partition coefficient (Wildman–Crippen LogP) is 2.71. The van der Waals surface area contributed by atoms with Crippen molar-refractivity contribution in [2.24, 2.45) is 0 Å². The van der Waals surface area contributed by atoms with Gasteiger partial charge in [-0.05, 0) is 17.7 Å². The molecule has 1 N–H and O–H groups in total. The van der Waals surface area contributed by atoms with Gasteiger partial charge in [-0.25, -0.2) is 4.79 Å². The molecule has 0 heterocycles. The van der Waals surface area contributed by atoms with Gasteiger partial charge in [-0.1, -0.05) is 0 Å². The third kappa shape index (κ3) is 3.58. The summed E-state index contributed by atoms with van der Waals surface area (Å²) < 4.78 is 37.3. The zero-order chi connectivity index (χ0) is 13.9. The molecule has 96 valence electrons. The van der Waals surface area contributed by atoms with E-state index < -0.39 is 28.3 Å². The van der Waals surface area contributed by atoms with E-state index in [1.165, 1.54) is 0 Å². The van der Waals surface area contributed by atoms with E-state index in [-0.39, 0.29) is 5.56 Å². The minimum Gasteiger partial charge on any atom is -0.478 e. The molecule has 0 saturated heterocycles. The molecule has 0 saturated carbocycles. The van der Waals surface area contributed by atoms with Crippen molar-refractivity contribution in [1.29, 1.82) is 0 Å². The first-order chi connectivity index (χ1) is 8.20. The molecule has 0 fully saturated rings. The minimum absolute atomic E-state index is 0.209. The number of nitro groups is 1. The molecule has 0 radical (unpaired) electrons. The lowest BCUT2D eigenvalue weighted by Gasteiger charge is -2.07. The Kier molecular flexibility index (Phi) is 3.70. The highest BCUT2D eigenvalue weighted by atomic mass is 19.4. The summed E-state index contributed by atoms with van der Waals surface area (Å²) in [7, 11) is 0. The molecule has 0 aromatic heterocycles. The number of nitro benzene ring substituents is 1. The van der Waals surface area contributed by atoms with Crippen molar-refractivity contribution in [3.05, 3.63) is 45.5 Å². The van der Waals surface area contributed by atoms with Gasteiger partial charge in [0.2, 0.25) is 0 Å². The number of halogens is 3. The fourth-order valence-corrected chi connectivity index (χ4v) is 1.17. The van der Waals surface area contributed by atoms with Crippen LogP contribution >= 0.6 is 0 Å². The second-order valence-electron chi connectivity index (χ2n) is 3.24. The number of aliphatic carboxylic acids is 1. The van der Waals surface area contributed by atoms with Crippen LogP contribution in [0.4, 0.5) is 18.9 Å². The van der Waals surface area contributed by atoms with Crippen LogP contribution in [0, 0.1) is 10.1 Å². The van der Waals surface area contributed by atoms with Crippen LogP contribution in [-0.2, 0) is 11.0 Å². The number of non-ortho nitro benzene ring substituents is 1. The minimum atomic E-state index is -4.74. The van der Waals surface area contributed by atoms with E-state index in [1.807, 2.05) is 0 Å². The second kappa shape index (κ2) is 4.86. The van der Waals surface area contributed by atoms with Crippen molar-refractivity contribution in [3.8, 4) is 0 Å². The van der Waals surface area contributed by atoms with Crippen molar-refractivity contribution in [2.75, 3.05) is 0 Å². The zero-order valence-electron chi connectivity index (χ0n) is 8.64. The molecular formula is C10H6F3NO4. The predicted molar refractivity (Wildman–Crippen MR) is 54.8 cm³/mol. The average molecular weight is 261 g/mol. The maximum atomic E-state index is 12.4. The smallest absolute Gasteiger partial charge is 0.416 e. The van der Waals surface area contributed by atoms with Crippen LogP contribution in [0.15, 0.2) is 24.3 Å². The number of rotatable bonds is 3. The van der Waals surface area contributed by atoms with Gasteiger partial charge in [-0.2, -0.15) is 13.2 Å². The van der Waals surface area contributed by atoms with Gasteiger partial charge in [0.1, 0.15) is 0 Å². The van der Waals surface area contributed by atoms with Gasteiger partial charge in [-0.3, -0.25) is 10.1 Å². The molecule has 0 aliphatic heterocycles. The molecule has 0 aliphatic rings.